The molecule has 216 valence electrons. The van der Waals surface area contributed by atoms with Crippen LogP contribution in [0.4, 0.5) is 11.4 Å². The average molecular weight is 606 g/mol. The molecule has 1 aliphatic rings. The van der Waals surface area contributed by atoms with Crippen molar-refractivity contribution in [2.24, 2.45) is 0 Å². The molecule has 1 aliphatic heterocycles. The molecule has 1 atom stereocenters. The van der Waals surface area contributed by atoms with Gasteiger partial charge in [-0.15, -0.1) is 0 Å². The summed E-state index contributed by atoms with van der Waals surface area (Å²) in [6.07, 6.45) is 7.68. The Morgan fingerprint density at radius 3 is 1.73 bits per heavy atom. The number of halogens is 2. The zero-order valence-corrected chi connectivity index (χ0v) is 28.4. The largest absolute Gasteiger partial charge is 0.325 e. The van der Waals surface area contributed by atoms with Crippen LogP contribution in [-0.2, 0) is 0 Å². The molecule has 0 N–H and O–H groups in total. The van der Waals surface area contributed by atoms with Gasteiger partial charge in [-0.05, 0) is 97.8 Å². The second-order valence-corrected chi connectivity index (χ2v) is 14.7. The highest BCUT2D eigenvalue weighted by Gasteiger charge is 2.35. The normalized spacial score (nSPS) is 14.3. The van der Waals surface area contributed by atoms with Gasteiger partial charge in [-0.2, -0.15) is 0 Å². The van der Waals surface area contributed by atoms with Crippen molar-refractivity contribution < 1.29 is 0 Å². The fourth-order valence-electron chi connectivity index (χ4n) is 6.25. The molecule has 3 aromatic rings. The van der Waals surface area contributed by atoms with Crippen LogP contribution < -0.4 is 15.1 Å². The number of hydrogen-bond donors (Lipinski definition) is 0. The topological polar surface area (TPSA) is 6.48 Å². The van der Waals surface area contributed by atoms with Gasteiger partial charge in [0, 0.05) is 35.1 Å². The Hall–Kier alpha value is -2.51. The molecule has 1 heterocycles. The number of aryl methyl sites for hydroxylation is 6. The Kier molecular flexibility index (Phi) is 10.1. The van der Waals surface area contributed by atoms with E-state index in [2.05, 4.69) is 121 Å². The predicted molar refractivity (Wildman–Crippen MR) is 185 cm³/mol. The van der Waals surface area contributed by atoms with Crippen molar-refractivity contribution in [3.05, 3.63) is 121 Å². The molecule has 5 heteroatoms. The van der Waals surface area contributed by atoms with E-state index in [1.165, 1.54) is 61.5 Å². The van der Waals surface area contributed by atoms with Crippen LogP contribution in [0.1, 0.15) is 54.2 Å². The minimum atomic E-state index is -0.817. The number of anilines is 2. The number of benzene rings is 3. The van der Waals surface area contributed by atoms with Crippen LogP contribution >= 0.6 is 31.1 Å². The van der Waals surface area contributed by atoms with Crippen LogP contribution in [0.3, 0.4) is 0 Å². The first-order valence-corrected chi connectivity index (χ1v) is 16.7. The van der Waals surface area contributed by atoms with E-state index in [4.69, 9.17) is 23.2 Å². The quantitative estimate of drug-likeness (QED) is 0.195. The van der Waals surface area contributed by atoms with Crippen molar-refractivity contribution in [3.63, 3.8) is 0 Å². The number of rotatable bonds is 7. The van der Waals surface area contributed by atoms with Crippen LogP contribution in [-0.4, -0.2) is 19.3 Å². The van der Waals surface area contributed by atoms with Gasteiger partial charge < -0.3 is 9.80 Å². The molecule has 4 rings (SSSR count). The molecular formula is C36H43Cl2N2P. The van der Waals surface area contributed by atoms with Gasteiger partial charge in [0.1, 0.15) is 5.82 Å². The molecule has 1 saturated heterocycles. The lowest BCUT2D eigenvalue weighted by molar-refractivity contribution is 1.01. The second kappa shape index (κ2) is 13.2. The monoisotopic (exact) mass is 604 g/mol. The third-order valence-corrected chi connectivity index (χ3v) is 11.1. The molecular weight excluding hydrogens is 562 g/mol. The fraction of sp³-hybridized carbons (Fsp3) is 0.333. The van der Waals surface area contributed by atoms with Crippen LogP contribution in [0.2, 0.25) is 10.0 Å². The van der Waals surface area contributed by atoms with Crippen molar-refractivity contribution in [1.82, 2.24) is 0 Å². The smallest absolute Gasteiger partial charge is 0.121 e. The van der Waals surface area contributed by atoms with E-state index in [0.29, 0.717) is 10.0 Å². The third-order valence-electron chi connectivity index (χ3n) is 7.61. The Morgan fingerprint density at radius 1 is 0.805 bits per heavy atom. The van der Waals surface area contributed by atoms with E-state index in [1.807, 2.05) is 12.1 Å². The molecule has 1 unspecified atom stereocenters. The molecule has 41 heavy (non-hydrogen) atoms. The van der Waals surface area contributed by atoms with E-state index >= 15 is 0 Å². The van der Waals surface area contributed by atoms with E-state index in [9.17, 15) is 0 Å². The molecule has 2 nitrogen and oxygen atoms in total. The highest BCUT2D eigenvalue weighted by Crippen LogP contribution is 2.52. The summed E-state index contributed by atoms with van der Waals surface area (Å²) in [7, 11) is -0.817. The standard InChI is InChI=1S/C36H43Cl2N2P/c1-10-41(31-15-12-14-30(37)33(31)38)32(16-11-13-23(2)3)36-39(34-26(6)19-24(4)20-27(34)7)17-18-40(36)35-28(8)21-25(5)22-29(35)9/h11-16,19-22H,10,17-18H2,1-9H3. The van der Waals surface area contributed by atoms with Crippen molar-refractivity contribution in [2.45, 2.75) is 62.3 Å². The first-order valence-electron chi connectivity index (χ1n) is 14.4. The summed E-state index contributed by atoms with van der Waals surface area (Å²) in [5, 5.41) is 3.71. The van der Waals surface area contributed by atoms with Crippen molar-refractivity contribution >= 4 is 47.8 Å². The predicted octanol–water partition coefficient (Wildman–Crippen LogP) is 10.7. The maximum absolute atomic E-state index is 6.94. The molecule has 0 amide bonds. The molecule has 0 radical (unpaired) electrons. The second-order valence-electron chi connectivity index (χ2n) is 11.4. The van der Waals surface area contributed by atoms with Crippen molar-refractivity contribution in [3.8, 4) is 0 Å². The van der Waals surface area contributed by atoms with Gasteiger partial charge in [-0.1, -0.05) is 101 Å². The highest BCUT2D eigenvalue weighted by atomic mass is 35.5. The highest BCUT2D eigenvalue weighted by molar-refractivity contribution is 7.70. The van der Waals surface area contributed by atoms with E-state index in [1.54, 1.807) is 0 Å². The first kappa shape index (κ1) is 31.4. The fourth-order valence-corrected chi connectivity index (χ4v) is 9.24. The van der Waals surface area contributed by atoms with Crippen LogP contribution in [0.25, 0.3) is 0 Å². The van der Waals surface area contributed by atoms with Gasteiger partial charge >= 0.3 is 0 Å². The van der Waals surface area contributed by atoms with Gasteiger partial charge in [0.15, 0.2) is 0 Å². The summed E-state index contributed by atoms with van der Waals surface area (Å²) in [5.74, 6) is 1.25. The van der Waals surface area contributed by atoms with Crippen molar-refractivity contribution in [1.29, 1.82) is 0 Å². The van der Waals surface area contributed by atoms with E-state index < -0.39 is 7.92 Å². The third kappa shape index (κ3) is 6.61. The molecule has 0 saturated carbocycles. The summed E-state index contributed by atoms with van der Waals surface area (Å²) < 4.78 is 0. The molecule has 3 aromatic carbocycles. The number of allylic oxidation sites excluding steroid dienone is 5. The summed E-state index contributed by atoms with van der Waals surface area (Å²) in [4.78, 5) is 5.13. The zero-order chi connectivity index (χ0) is 30.0. The minimum Gasteiger partial charge on any atom is -0.325 e. The van der Waals surface area contributed by atoms with E-state index in [0.717, 1.165) is 24.6 Å². The van der Waals surface area contributed by atoms with Crippen LogP contribution in [0.15, 0.2) is 77.4 Å². The summed E-state index contributed by atoms with van der Waals surface area (Å²) in [5.41, 5.74) is 11.6. The molecule has 1 fully saturated rings. The molecule has 0 aromatic heterocycles. The molecule has 0 spiro atoms. The summed E-state index contributed by atoms with van der Waals surface area (Å²) >= 11 is 13.5. The number of hydrogen-bond acceptors (Lipinski definition) is 2. The maximum Gasteiger partial charge on any atom is 0.121 e. The lowest BCUT2D eigenvalue weighted by Gasteiger charge is -2.34. The summed E-state index contributed by atoms with van der Waals surface area (Å²) in [6, 6.07) is 15.3. The summed E-state index contributed by atoms with van der Waals surface area (Å²) in [6.45, 7) is 21.7. The Bertz CT molecular complexity index is 1430. The first-order chi connectivity index (χ1) is 19.4. The Labute approximate surface area is 259 Å². The lowest BCUT2D eigenvalue weighted by atomic mass is 10.0. The lowest BCUT2D eigenvalue weighted by Crippen LogP contribution is -2.27. The maximum atomic E-state index is 6.94. The van der Waals surface area contributed by atoms with Gasteiger partial charge in [-0.3, -0.25) is 0 Å². The SMILES string of the molecule is CCP(C(C=CC=C(C)C)=C1N(c2c(C)cc(C)cc2C)CCN1c1c(C)cc(C)cc1C)c1cccc(Cl)c1Cl. The van der Waals surface area contributed by atoms with Crippen molar-refractivity contribution in [2.75, 3.05) is 29.1 Å². The average Bonchev–Trinajstić information content (AvgIpc) is 3.28. The van der Waals surface area contributed by atoms with Crippen LogP contribution in [0, 0.1) is 41.5 Å². The zero-order valence-electron chi connectivity index (χ0n) is 26.0. The van der Waals surface area contributed by atoms with Crippen LogP contribution in [0.5, 0.6) is 0 Å². The minimum absolute atomic E-state index is 0.610. The Morgan fingerprint density at radius 2 is 1.29 bits per heavy atom. The number of nitrogens with zero attached hydrogens (tertiary/aromatic N) is 2. The van der Waals surface area contributed by atoms with E-state index in [-0.39, 0.29) is 0 Å². The Balaban J connectivity index is 2.11. The molecule has 0 aliphatic carbocycles. The molecule has 0 bridgehead atoms. The van der Waals surface area contributed by atoms with Gasteiger partial charge in [0.2, 0.25) is 0 Å². The van der Waals surface area contributed by atoms with Gasteiger partial charge in [-0.25, -0.2) is 0 Å². The van der Waals surface area contributed by atoms with Gasteiger partial charge in [0.05, 0.1) is 10.0 Å². The van der Waals surface area contributed by atoms with Gasteiger partial charge in [0.25, 0.3) is 0 Å².